The average molecular weight is 337 g/mol. The highest BCUT2D eigenvalue weighted by molar-refractivity contribution is 7.15. The van der Waals surface area contributed by atoms with E-state index >= 15 is 0 Å². The molecule has 8 heteroatoms. The van der Waals surface area contributed by atoms with Crippen molar-refractivity contribution >= 4 is 28.6 Å². The molecule has 0 fully saturated rings. The number of anilines is 1. The van der Waals surface area contributed by atoms with E-state index in [2.05, 4.69) is 10.3 Å². The number of hydrogen-bond acceptors (Lipinski definition) is 4. The molecule has 0 bridgehead atoms. The molecule has 2 rings (SSSR count). The second kappa shape index (κ2) is 6.53. The van der Waals surface area contributed by atoms with Crippen molar-refractivity contribution in [3.8, 4) is 5.75 Å². The smallest absolute Gasteiger partial charge is 0.422 e. The van der Waals surface area contributed by atoms with Gasteiger partial charge in [0.25, 0.3) is 0 Å². The number of ether oxygens (including phenoxy) is 1. The summed E-state index contributed by atoms with van der Waals surface area (Å²) in [5, 5.41) is 3.03. The molecule has 0 aliphatic heterocycles. The van der Waals surface area contributed by atoms with Gasteiger partial charge in [0, 0.05) is 11.1 Å². The van der Waals surface area contributed by atoms with Gasteiger partial charge in [-0.25, -0.2) is 4.98 Å². The fourth-order valence-electron chi connectivity index (χ4n) is 1.60. The van der Waals surface area contributed by atoms with Crippen molar-refractivity contribution in [2.45, 2.75) is 19.6 Å². The van der Waals surface area contributed by atoms with Crippen LogP contribution in [-0.4, -0.2) is 17.8 Å². The molecule has 0 atom stereocenters. The van der Waals surface area contributed by atoms with E-state index < -0.39 is 12.8 Å². The minimum Gasteiger partial charge on any atom is -0.482 e. The summed E-state index contributed by atoms with van der Waals surface area (Å²) in [6, 6.07) is 5.04. The van der Waals surface area contributed by atoms with E-state index in [0.717, 1.165) is 10.4 Å². The number of aromatic nitrogens is 1. The molecule has 114 valence electrons. The van der Waals surface area contributed by atoms with Crippen LogP contribution in [0.3, 0.4) is 0 Å². The molecule has 0 saturated carbocycles. The standard InChI is InChI=1S/C13H12ClF3N2OS/c1-8-2-3-10(11(4-8)20-7-13(15,16)17)18-5-9-6-19-12(14)21-9/h2-4,6,18H,5,7H2,1H3. The van der Waals surface area contributed by atoms with Gasteiger partial charge in [-0.1, -0.05) is 17.7 Å². The highest BCUT2D eigenvalue weighted by Crippen LogP contribution is 2.29. The van der Waals surface area contributed by atoms with Gasteiger partial charge in [-0.2, -0.15) is 13.2 Å². The predicted molar refractivity (Wildman–Crippen MR) is 77.2 cm³/mol. The molecule has 1 heterocycles. The van der Waals surface area contributed by atoms with Gasteiger partial charge in [0.15, 0.2) is 11.1 Å². The summed E-state index contributed by atoms with van der Waals surface area (Å²) in [5.41, 5.74) is 1.31. The Bertz CT molecular complexity index is 616. The molecule has 0 amide bonds. The largest absolute Gasteiger partial charge is 0.482 e. The minimum atomic E-state index is -4.37. The summed E-state index contributed by atoms with van der Waals surface area (Å²) in [4.78, 5) is 4.78. The first-order chi connectivity index (χ1) is 9.83. The Labute approximate surface area is 128 Å². The van der Waals surface area contributed by atoms with E-state index in [1.165, 1.54) is 11.3 Å². The Hall–Kier alpha value is -1.47. The first-order valence-electron chi connectivity index (χ1n) is 5.98. The highest BCUT2D eigenvalue weighted by Gasteiger charge is 2.28. The van der Waals surface area contributed by atoms with Crippen molar-refractivity contribution in [1.82, 2.24) is 4.98 Å². The second-order valence-corrected chi connectivity index (χ2v) is 6.03. The summed E-state index contributed by atoms with van der Waals surface area (Å²) in [7, 11) is 0. The molecule has 0 aliphatic carbocycles. The van der Waals surface area contributed by atoms with Crippen LogP contribution in [0.15, 0.2) is 24.4 Å². The van der Waals surface area contributed by atoms with Crippen LogP contribution in [0, 0.1) is 6.92 Å². The van der Waals surface area contributed by atoms with Crippen LogP contribution in [-0.2, 0) is 6.54 Å². The number of nitrogens with one attached hydrogen (secondary N) is 1. The zero-order valence-corrected chi connectivity index (χ0v) is 12.6. The van der Waals surface area contributed by atoms with Gasteiger partial charge in [-0.3, -0.25) is 0 Å². The molecular formula is C13H12ClF3N2OS. The lowest BCUT2D eigenvalue weighted by Gasteiger charge is -2.14. The van der Waals surface area contributed by atoms with Crippen LogP contribution in [0.5, 0.6) is 5.75 Å². The number of aryl methyl sites for hydroxylation is 1. The molecule has 0 spiro atoms. The zero-order chi connectivity index (χ0) is 15.5. The quantitative estimate of drug-likeness (QED) is 0.862. The van der Waals surface area contributed by atoms with E-state index in [1.807, 2.05) is 0 Å². The molecule has 0 aliphatic rings. The lowest BCUT2D eigenvalue weighted by molar-refractivity contribution is -0.153. The minimum absolute atomic E-state index is 0.169. The van der Waals surface area contributed by atoms with Crippen LogP contribution >= 0.6 is 22.9 Å². The van der Waals surface area contributed by atoms with Gasteiger partial charge in [0.05, 0.1) is 12.2 Å². The van der Waals surface area contributed by atoms with Gasteiger partial charge in [-0.05, 0) is 24.6 Å². The third-order valence-electron chi connectivity index (χ3n) is 2.51. The Morgan fingerprint density at radius 3 is 2.76 bits per heavy atom. The predicted octanol–water partition coefficient (Wildman–Crippen LogP) is 4.66. The lowest BCUT2D eigenvalue weighted by Crippen LogP contribution is -2.19. The van der Waals surface area contributed by atoms with E-state index in [-0.39, 0.29) is 5.75 Å². The summed E-state index contributed by atoms with van der Waals surface area (Å²) < 4.78 is 42.1. The topological polar surface area (TPSA) is 34.2 Å². The fourth-order valence-corrected chi connectivity index (χ4v) is 2.52. The highest BCUT2D eigenvalue weighted by atomic mass is 35.5. The number of thiazole rings is 1. The lowest BCUT2D eigenvalue weighted by atomic mass is 10.2. The van der Waals surface area contributed by atoms with Crippen molar-refractivity contribution in [3.05, 3.63) is 39.3 Å². The number of alkyl halides is 3. The van der Waals surface area contributed by atoms with Crippen molar-refractivity contribution in [2.24, 2.45) is 0 Å². The van der Waals surface area contributed by atoms with E-state index in [1.54, 1.807) is 31.3 Å². The van der Waals surface area contributed by atoms with E-state index in [0.29, 0.717) is 16.7 Å². The maximum Gasteiger partial charge on any atom is 0.422 e. The third kappa shape index (κ3) is 5.09. The third-order valence-corrected chi connectivity index (χ3v) is 3.62. The van der Waals surface area contributed by atoms with Crippen molar-refractivity contribution in [2.75, 3.05) is 11.9 Å². The van der Waals surface area contributed by atoms with Crippen molar-refractivity contribution in [1.29, 1.82) is 0 Å². The molecule has 1 aromatic carbocycles. The normalized spacial score (nSPS) is 11.5. The monoisotopic (exact) mass is 336 g/mol. The van der Waals surface area contributed by atoms with Crippen LogP contribution in [0.25, 0.3) is 0 Å². The molecule has 1 N–H and O–H groups in total. The van der Waals surface area contributed by atoms with E-state index in [9.17, 15) is 13.2 Å². The van der Waals surface area contributed by atoms with Crippen LogP contribution in [0.1, 0.15) is 10.4 Å². The van der Waals surface area contributed by atoms with E-state index in [4.69, 9.17) is 16.3 Å². The molecule has 2 aromatic rings. The first kappa shape index (κ1) is 15.9. The van der Waals surface area contributed by atoms with Gasteiger partial charge >= 0.3 is 6.18 Å². The van der Waals surface area contributed by atoms with Crippen LogP contribution < -0.4 is 10.1 Å². The molecule has 3 nitrogen and oxygen atoms in total. The Morgan fingerprint density at radius 1 is 1.38 bits per heavy atom. The first-order valence-corrected chi connectivity index (χ1v) is 7.17. The Balaban J connectivity index is 2.07. The van der Waals surface area contributed by atoms with Gasteiger partial charge in [0.1, 0.15) is 5.75 Å². The average Bonchev–Trinajstić information content (AvgIpc) is 2.80. The molecule has 1 aromatic heterocycles. The number of halogens is 4. The van der Waals surface area contributed by atoms with Gasteiger partial charge < -0.3 is 10.1 Å². The number of hydrogen-bond donors (Lipinski definition) is 1. The SMILES string of the molecule is Cc1ccc(NCc2cnc(Cl)s2)c(OCC(F)(F)F)c1. The summed E-state index contributed by atoms with van der Waals surface area (Å²) in [5.74, 6) is 0.169. The number of nitrogens with zero attached hydrogens (tertiary/aromatic N) is 1. The van der Waals surface area contributed by atoms with Gasteiger partial charge in [-0.15, -0.1) is 11.3 Å². The molecule has 21 heavy (non-hydrogen) atoms. The maximum atomic E-state index is 12.3. The van der Waals surface area contributed by atoms with Crippen molar-refractivity contribution in [3.63, 3.8) is 0 Å². The Kier molecular flexibility index (Phi) is 4.95. The summed E-state index contributed by atoms with van der Waals surface area (Å²) in [6.45, 7) is 0.876. The maximum absolute atomic E-state index is 12.3. The number of benzene rings is 1. The Morgan fingerprint density at radius 2 is 2.14 bits per heavy atom. The summed E-state index contributed by atoms with van der Waals surface area (Å²) in [6.07, 6.45) is -2.75. The molecule has 0 radical (unpaired) electrons. The number of rotatable bonds is 5. The fraction of sp³-hybridized carbons (Fsp3) is 0.308. The van der Waals surface area contributed by atoms with Gasteiger partial charge in [0.2, 0.25) is 0 Å². The molecule has 0 saturated heterocycles. The summed E-state index contributed by atoms with van der Waals surface area (Å²) >= 11 is 7.03. The van der Waals surface area contributed by atoms with Crippen LogP contribution in [0.4, 0.5) is 18.9 Å². The molecular weight excluding hydrogens is 325 g/mol. The molecule has 0 unspecified atom stereocenters. The van der Waals surface area contributed by atoms with Crippen molar-refractivity contribution < 1.29 is 17.9 Å². The van der Waals surface area contributed by atoms with Crippen LogP contribution in [0.2, 0.25) is 4.47 Å². The second-order valence-electron chi connectivity index (χ2n) is 4.34. The zero-order valence-electron chi connectivity index (χ0n) is 11.0.